The Hall–Kier alpha value is -1.97. The molecule has 5 nitrogen and oxygen atoms in total. The van der Waals surface area contributed by atoms with E-state index in [0.29, 0.717) is 30.9 Å². The van der Waals surface area contributed by atoms with Gasteiger partial charge in [0.2, 0.25) is 0 Å². The predicted octanol–water partition coefficient (Wildman–Crippen LogP) is 4.16. The quantitative estimate of drug-likeness (QED) is 0.336. The van der Waals surface area contributed by atoms with Crippen molar-refractivity contribution in [3.63, 3.8) is 0 Å². The van der Waals surface area contributed by atoms with Gasteiger partial charge in [0, 0.05) is 51.0 Å². The fourth-order valence-corrected chi connectivity index (χ4v) is 3.80. The molecule has 0 spiro atoms. The summed E-state index contributed by atoms with van der Waals surface area (Å²) in [4.78, 5) is 10.3. The molecule has 2 aromatic rings. The lowest BCUT2D eigenvalue weighted by atomic mass is 9.89. The number of pyridine rings is 1. The van der Waals surface area contributed by atoms with Crippen molar-refractivity contribution in [1.82, 2.24) is 15.6 Å². The van der Waals surface area contributed by atoms with Gasteiger partial charge in [0.15, 0.2) is 5.96 Å². The number of guanidine groups is 1. The van der Waals surface area contributed by atoms with E-state index >= 15 is 0 Å². The smallest absolute Gasteiger partial charge is 0.191 e. The van der Waals surface area contributed by atoms with Crippen LogP contribution in [-0.2, 0) is 0 Å². The van der Waals surface area contributed by atoms with Crippen LogP contribution in [0.2, 0.25) is 0 Å². The van der Waals surface area contributed by atoms with Gasteiger partial charge in [-0.15, -0.1) is 24.0 Å². The molecular formula is C22H30F2IN5. The number of halogens is 3. The molecule has 0 saturated carbocycles. The van der Waals surface area contributed by atoms with Crippen LogP contribution in [0.5, 0.6) is 0 Å². The standard InChI is InChI=1S/C22H29F2N5.HI/c1-15(2)18(16-6-5-10-26-12-16)13-27-22(25-3)28-17-9-11-29(14-17)21-19(23)7-4-8-20(21)24;/h4-8,10,12,15,17-18H,9,11,13-14H2,1-3H3,(H2,25,27,28);1H. The number of anilines is 1. The van der Waals surface area contributed by atoms with Gasteiger partial charge in [-0.05, 0) is 36.1 Å². The Balaban J connectivity index is 0.00000320. The minimum absolute atomic E-state index is 0. The fourth-order valence-electron chi connectivity index (χ4n) is 3.80. The Kier molecular flexibility index (Phi) is 9.26. The van der Waals surface area contributed by atoms with Gasteiger partial charge < -0.3 is 15.5 Å². The van der Waals surface area contributed by atoms with Gasteiger partial charge in [-0.2, -0.15) is 0 Å². The van der Waals surface area contributed by atoms with Gasteiger partial charge in [0.05, 0.1) is 0 Å². The second-order valence-electron chi connectivity index (χ2n) is 7.74. The molecule has 0 bridgehead atoms. The van der Waals surface area contributed by atoms with Gasteiger partial charge in [-0.1, -0.05) is 26.0 Å². The minimum atomic E-state index is -0.524. The number of aliphatic imine (C=N–C) groups is 1. The third kappa shape index (κ3) is 6.02. The third-order valence-electron chi connectivity index (χ3n) is 5.41. The topological polar surface area (TPSA) is 52.6 Å². The van der Waals surface area contributed by atoms with Crippen molar-refractivity contribution in [2.75, 3.05) is 31.6 Å². The van der Waals surface area contributed by atoms with E-state index in [1.165, 1.54) is 23.8 Å². The molecule has 0 aliphatic carbocycles. The zero-order valence-electron chi connectivity index (χ0n) is 17.6. The summed E-state index contributed by atoms with van der Waals surface area (Å²) in [7, 11) is 1.73. The van der Waals surface area contributed by atoms with Gasteiger partial charge in [0.25, 0.3) is 0 Å². The molecule has 1 aliphatic heterocycles. The number of rotatable bonds is 6. The molecular weight excluding hydrogens is 499 g/mol. The van der Waals surface area contributed by atoms with E-state index in [1.807, 2.05) is 12.3 Å². The average Bonchev–Trinajstić information content (AvgIpc) is 3.15. The monoisotopic (exact) mass is 529 g/mol. The number of nitrogens with zero attached hydrogens (tertiary/aromatic N) is 3. The Morgan fingerprint density at radius 1 is 1.23 bits per heavy atom. The first-order chi connectivity index (χ1) is 14.0. The summed E-state index contributed by atoms with van der Waals surface area (Å²) in [6.07, 6.45) is 4.46. The molecule has 2 unspecified atom stereocenters. The second kappa shape index (κ2) is 11.4. The fraction of sp³-hybridized carbons (Fsp3) is 0.455. The van der Waals surface area contributed by atoms with E-state index in [4.69, 9.17) is 0 Å². The van der Waals surface area contributed by atoms with Crippen molar-refractivity contribution < 1.29 is 8.78 Å². The molecule has 164 valence electrons. The number of aromatic nitrogens is 1. The molecule has 0 radical (unpaired) electrons. The van der Waals surface area contributed by atoms with Crippen LogP contribution in [-0.4, -0.2) is 43.7 Å². The molecule has 1 saturated heterocycles. The SMILES string of the molecule is CN=C(NCC(c1cccnc1)C(C)C)NC1CCN(c2c(F)cccc2F)C1.I. The normalized spacial score (nSPS) is 17.6. The summed E-state index contributed by atoms with van der Waals surface area (Å²) in [6.45, 7) is 6.22. The molecule has 1 fully saturated rings. The van der Waals surface area contributed by atoms with E-state index in [-0.39, 0.29) is 35.7 Å². The lowest BCUT2D eigenvalue weighted by molar-refractivity contribution is 0.485. The highest BCUT2D eigenvalue weighted by atomic mass is 127. The van der Waals surface area contributed by atoms with Gasteiger partial charge in [-0.25, -0.2) is 8.78 Å². The summed E-state index contributed by atoms with van der Waals surface area (Å²) in [6, 6.07) is 8.09. The van der Waals surface area contributed by atoms with Crippen molar-refractivity contribution in [1.29, 1.82) is 0 Å². The van der Waals surface area contributed by atoms with E-state index in [9.17, 15) is 8.78 Å². The summed E-state index contributed by atoms with van der Waals surface area (Å²) in [5.41, 5.74) is 1.24. The summed E-state index contributed by atoms with van der Waals surface area (Å²) >= 11 is 0. The molecule has 0 amide bonds. The van der Waals surface area contributed by atoms with Crippen LogP contribution in [0.3, 0.4) is 0 Å². The highest BCUT2D eigenvalue weighted by Gasteiger charge is 2.27. The maximum Gasteiger partial charge on any atom is 0.191 e. The van der Waals surface area contributed by atoms with Crippen molar-refractivity contribution in [2.24, 2.45) is 10.9 Å². The summed E-state index contributed by atoms with van der Waals surface area (Å²) < 4.78 is 28.1. The van der Waals surface area contributed by atoms with E-state index in [1.54, 1.807) is 18.1 Å². The number of nitrogens with one attached hydrogen (secondary N) is 2. The molecule has 2 N–H and O–H groups in total. The van der Waals surface area contributed by atoms with E-state index in [2.05, 4.69) is 40.5 Å². The number of hydrogen-bond donors (Lipinski definition) is 2. The van der Waals surface area contributed by atoms with Crippen molar-refractivity contribution >= 4 is 35.6 Å². The zero-order valence-corrected chi connectivity index (χ0v) is 19.9. The van der Waals surface area contributed by atoms with E-state index < -0.39 is 11.6 Å². The largest absolute Gasteiger partial charge is 0.365 e. The molecule has 3 rings (SSSR count). The lowest BCUT2D eigenvalue weighted by Crippen LogP contribution is -2.46. The van der Waals surface area contributed by atoms with Crippen LogP contribution < -0.4 is 15.5 Å². The van der Waals surface area contributed by atoms with Crippen LogP contribution in [0.15, 0.2) is 47.7 Å². The summed E-state index contributed by atoms with van der Waals surface area (Å²) in [5.74, 6) is 0.389. The minimum Gasteiger partial charge on any atom is -0.365 e. The second-order valence-corrected chi connectivity index (χ2v) is 7.74. The maximum atomic E-state index is 14.1. The zero-order chi connectivity index (χ0) is 20.8. The van der Waals surface area contributed by atoms with Crippen LogP contribution >= 0.6 is 24.0 Å². The van der Waals surface area contributed by atoms with Gasteiger partial charge in [-0.3, -0.25) is 9.98 Å². The third-order valence-corrected chi connectivity index (χ3v) is 5.41. The Labute approximate surface area is 194 Å². The number of benzene rings is 1. The Morgan fingerprint density at radius 2 is 1.97 bits per heavy atom. The van der Waals surface area contributed by atoms with Gasteiger partial charge >= 0.3 is 0 Å². The number of hydrogen-bond acceptors (Lipinski definition) is 3. The summed E-state index contributed by atoms with van der Waals surface area (Å²) in [5, 5.41) is 6.78. The molecule has 2 atom stereocenters. The molecule has 30 heavy (non-hydrogen) atoms. The maximum absolute atomic E-state index is 14.1. The molecule has 1 aliphatic rings. The Bertz CT molecular complexity index is 811. The van der Waals surface area contributed by atoms with E-state index in [0.717, 1.165) is 13.0 Å². The van der Waals surface area contributed by atoms with Crippen molar-refractivity contribution in [3.05, 3.63) is 59.9 Å². The molecule has 1 aromatic heterocycles. The Morgan fingerprint density at radius 3 is 2.57 bits per heavy atom. The highest BCUT2D eigenvalue weighted by molar-refractivity contribution is 14.0. The lowest BCUT2D eigenvalue weighted by Gasteiger charge is -2.24. The first-order valence-electron chi connectivity index (χ1n) is 10.1. The molecule has 1 aromatic carbocycles. The van der Waals surface area contributed by atoms with Crippen LogP contribution in [0, 0.1) is 17.6 Å². The molecule has 8 heteroatoms. The van der Waals surface area contributed by atoms with Crippen molar-refractivity contribution in [2.45, 2.75) is 32.2 Å². The van der Waals surface area contributed by atoms with Crippen LogP contribution in [0.25, 0.3) is 0 Å². The molecule has 2 heterocycles. The van der Waals surface area contributed by atoms with Gasteiger partial charge in [0.1, 0.15) is 17.3 Å². The van der Waals surface area contributed by atoms with Crippen LogP contribution in [0.4, 0.5) is 14.5 Å². The van der Waals surface area contributed by atoms with Crippen LogP contribution in [0.1, 0.15) is 31.7 Å². The highest BCUT2D eigenvalue weighted by Crippen LogP contribution is 2.27. The predicted molar refractivity (Wildman–Crippen MR) is 129 cm³/mol. The van der Waals surface area contributed by atoms with Crippen molar-refractivity contribution in [3.8, 4) is 0 Å². The number of para-hydroxylation sites is 1. The first-order valence-corrected chi connectivity index (χ1v) is 10.1. The first kappa shape index (κ1) is 24.3. The average molecular weight is 529 g/mol.